The van der Waals surface area contributed by atoms with Gasteiger partial charge in [-0.1, -0.05) is 30.3 Å². The maximum atomic E-state index is 12.3. The minimum Gasteiger partial charge on any atom is -0.483 e. The fraction of sp³-hybridized carbons (Fsp3) is 0.579. The first-order valence-electron chi connectivity index (χ1n) is 8.57. The second-order valence-corrected chi connectivity index (χ2v) is 6.60. The molecular formula is C19H30N2O5. The number of ether oxygens (including phenoxy) is 2. The maximum Gasteiger partial charge on any atom is 0.327 e. The van der Waals surface area contributed by atoms with E-state index in [0.717, 1.165) is 38.0 Å². The quantitative estimate of drug-likeness (QED) is 0.606. The highest BCUT2D eigenvalue weighted by Gasteiger charge is 2.39. The van der Waals surface area contributed by atoms with E-state index in [1.165, 1.54) is 7.11 Å². The molecule has 0 bridgehead atoms. The topological polar surface area (TPSA) is 79.3 Å². The van der Waals surface area contributed by atoms with E-state index < -0.39 is 0 Å². The Bertz CT molecular complexity index is 542. The predicted octanol–water partition coefficient (Wildman–Crippen LogP) is 1.64. The van der Waals surface area contributed by atoms with Crippen LogP contribution in [0, 0.1) is 0 Å². The van der Waals surface area contributed by atoms with Crippen molar-refractivity contribution in [3.8, 4) is 0 Å². The molecule has 0 radical (unpaired) electrons. The Morgan fingerprint density at radius 2 is 1.81 bits per heavy atom. The van der Waals surface area contributed by atoms with Crippen LogP contribution in [0.4, 0.5) is 0 Å². The molecule has 1 N–H and O–H groups in total. The number of likely N-dealkylation sites (N-methyl/N-ethyl adjacent to an activating group) is 1. The Labute approximate surface area is 155 Å². The van der Waals surface area contributed by atoms with Crippen LogP contribution in [-0.2, 0) is 19.1 Å². The van der Waals surface area contributed by atoms with Crippen molar-refractivity contribution in [1.29, 1.82) is 0 Å². The van der Waals surface area contributed by atoms with Gasteiger partial charge < -0.3 is 19.5 Å². The molecule has 0 aliphatic carbocycles. The molecule has 1 heterocycles. The van der Waals surface area contributed by atoms with Crippen LogP contribution in [0.1, 0.15) is 24.4 Å². The molecular weight excluding hydrogens is 336 g/mol. The Morgan fingerprint density at radius 1 is 1.27 bits per heavy atom. The summed E-state index contributed by atoms with van der Waals surface area (Å²) >= 11 is 0. The van der Waals surface area contributed by atoms with Gasteiger partial charge >= 0.3 is 5.97 Å². The monoisotopic (exact) mass is 366 g/mol. The summed E-state index contributed by atoms with van der Waals surface area (Å²) in [5.41, 5.74) is 0.856. The lowest BCUT2D eigenvalue weighted by atomic mass is 9.89. The molecule has 2 rings (SSSR count). The van der Waals surface area contributed by atoms with Crippen molar-refractivity contribution >= 4 is 12.4 Å². The lowest BCUT2D eigenvalue weighted by molar-refractivity contribution is -0.150. The first-order chi connectivity index (χ1) is 12.4. The molecule has 1 saturated heterocycles. The normalized spacial score (nSPS) is 17.7. The predicted molar refractivity (Wildman–Crippen MR) is 99.0 cm³/mol. The third-order valence-electron chi connectivity index (χ3n) is 4.65. The van der Waals surface area contributed by atoms with Crippen LogP contribution in [0.5, 0.6) is 0 Å². The van der Waals surface area contributed by atoms with E-state index in [9.17, 15) is 4.79 Å². The summed E-state index contributed by atoms with van der Waals surface area (Å²) in [6.45, 7) is 2.28. The smallest absolute Gasteiger partial charge is 0.327 e. The highest BCUT2D eigenvalue weighted by molar-refractivity contribution is 5.77. The SMILES string of the molecule is COC(=O)C(c1ccccc1)N1CCC(CN(C)C)(OC)CC1.O=CO. The van der Waals surface area contributed by atoms with Gasteiger partial charge in [-0.2, -0.15) is 0 Å². The summed E-state index contributed by atoms with van der Waals surface area (Å²) in [7, 11) is 7.37. The molecule has 26 heavy (non-hydrogen) atoms. The van der Waals surface area contributed by atoms with Crippen molar-refractivity contribution in [2.75, 3.05) is 47.9 Å². The van der Waals surface area contributed by atoms with Crippen molar-refractivity contribution in [2.45, 2.75) is 24.5 Å². The van der Waals surface area contributed by atoms with Gasteiger partial charge in [-0.3, -0.25) is 9.69 Å². The van der Waals surface area contributed by atoms with Crippen molar-refractivity contribution in [3.63, 3.8) is 0 Å². The standard InChI is InChI=1S/C18H28N2O3.CH2O2/c1-19(2)14-18(23-4)10-12-20(13-11-18)16(17(21)22-3)15-8-6-5-7-9-15;2-1-3/h5-9,16H,10-14H2,1-4H3;1H,(H,2,3). The number of carbonyl (C=O) groups excluding carboxylic acids is 1. The first-order valence-corrected chi connectivity index (χ1v) is 8.57. The van der Waals surface area contributed by atoms with Crippen molar-refractivity contribution in [2.24, 2.45) is 0 Å². The van der Waals surface area contributed by atoms with Crippen molar-refractivity contribution in [1.82, 2.24) is 9.80 Å². The van der Waals surface area contributed by atoms with Crippen LogP contribution in [0.3, 0.4) is 0 Å². The third-order valence-corrected chi connectivity index (χ3v) is 4.65. The number of methoxy groups -OCH3 is 2. The highest BCUT2D eigenvalue weighted by Crippen LogP contribution is 2.32. The van der Waals surface area contributed by atoms with Gasteiger partial charge in [0.05, 0.1) is 12.7 Å². The summed E-state index contributed by atoms with van der Waals surface area (Å²) in [4.78, 5) is 25.0. The third kappa shape index (κ3) is 6.09. The molecule has 0 aromatic heterocycles. The molecule has 7 nitrogen and oxygen atoms in total. The van der Waals surface area contributed by atoms with Crippen LogP contribution in [0.15, 0.2) is 30.3 Å². The van der Waals surface area contributed by atoms with E-state index in [4.69, 9.17) is 19.4 Å². The second-order valence-electron chi connectivity index (χ2n) is 6.60. The first kappa shape index (κ1) is 22.1. The number of hydrogen-bond acceptors (Lipinski definition) is 6. The summed E-state index contributed by atoms with van der Waals surface area (Å²) in [5, 5.41) is 6.89. The van der Waals surface area contributed by atoms with Gasteiger partial charge in [0.15, 0.2) is 0 Å². The van der Waals surface area contributed by atoms with E-state index in [2.05, 4.69) is 23.9 Å². The number of hydrogen-bond donors (Lipinski definition) is 1. The molecule has 146 valence electrons. The lowest BCUT2D eigenvalue weighted by Crippen LogP contribution is -2.52. The molecule has 1 aromatic rings. The Kier molecular flexibility index (Phi) is 9.26. The van der Waals surface area contributed by atoms with Gasteiger partial charge in [0.1, 0.15) is 6.04 Å². The molecule has 0 saturated carbocycles. The van der Waals surface area contributed by atoms with Gasteiger partial charge in [-0.15, -0.1) is 0 Å². The van der Waals surface area contributed by atoms with Crippen LogP contribution in [0.25, 0.3) is 0 Å². The average Bonchev–Trinajstić information content (AvgIpc) is 2.64. The number of benzene rings is 1. The number of rotatable bonds is 6. The minimum absolute atomic E-state index is 0.128. The zero-order valence-corrected chi connectivity index (χ0v) is 16.1. The van der Waals surface area contributed by atoms with E-state index in [1.54, 1.807) is 7.11 Å². The molecule has 1 aliphatic heterocycles. The highest BCUT2D eigenvalue weighted by atomic mass is 16.5. The molecule has 1 aliphatic rings. The Morgan fingerprint density at radius 3 is 2.23 bits per heavy atom. The fourth-order valence-electron chi connectivity index (χ4n) is 3.44. The largest absolute Gasteiger partial charge is 0.483 e. The molecule has 7 heteroatoms. The molecule has 1 atom stereocenters. The number of piperidine rings is 1. The van der Waals surface area contributed by atoms with Gasteiger partial charge in [0, 0.05) is 26.7 Å². The van der Waals surface area contributed by atoms with Gasteiger partial charge in [-0.05, 0) is 32.5 Å². The number of carbonyl (C=O) groups is 2. The maximum absolute atomic E-state index is 12.3. The van der Waals surface area contributed by atoms with E-state index in [1.807, 2.05) is 30.3 Å². The lowest BCUT2D eigenvalue weighted by Gasteiger charge is -2.44. The van der Waals surface area contributed by atoms with E-state index in [0.29, 0.717) is 0 Å². The van der Waals surface area contributed by atoms with E-state index in [-0.39, 0.29) is 24.1 Å². The number of likely N-dealkylation sites (tertiary alicyclic amines) is 1. The number of carboxylic acid groups (broad SMARTS) is 1. The molecule has 0 spiro atoms. The van der Waals surface area contributed by atoms with Crippen molar-refractivity contribution in [3.05, 3.63) is 35.9 Å². The van der Waals surface area contributed by atoms with Crippen LogP contribution < -0.4 is 0 Å². The van der Waals surface area contributed by atoms with E-state index >= 15 is 0 Å². The molecule has 1 aromatic carbocycles. The Balaban J connectivity index is 0.00000105. The average molecular weight is 366 g/mol. The van der Waals surface area contributed by atoms with Crippen LogP contribution in [-0.4, -0.2) is 80.9 Å². The number of nitrogens with zero attached hydrogens (tertiary/aromatic N) is 2. The van der Waals surface area contributed by atoms with Gasteiger partial charge in [0.2, 0.25) is 0 Å². The van der Waals surface area contributed by atoms with Crippen LogP contribution >= 0.6 is 0 Å². The van der Waals surface area contributed by atoms with Crippen LogP contribution in [0.2, 0.25) is 0 Å². The molecule has 1 unspecified atom stereocenters. The summed E-state index contributed by atoms with van der Waals surface area (Å²) in [6, 6.07) is 9.51. The van der Waals surface area contributed by atoms with Gasteiger partial charge in [-0.25, -0.2) is 4.79 Å². The summed E-state index contributed by atoms with van der Waals surface area (Å²) < 4.78 is 10.9. The second kappa shape index (κ2) is 10.9. The Hall–Kier alpha value is -1.96. The zero-order valence-electron chi connectivity index (χ0n) is 16.1. The molecule has 0 amide bonds. The van der Waals surface area contributed by atoms with Crippen molar-refractivity contribution < 1.29 is 24.2 Å². The summed E-state index contributed by atoms with van der Waals surface area (Å²) in [6.07, 6.45) is 1.81. The minimum atomic E-state index is -0.338. The summed E-state index contributed by atoms with van der Waals surface area (Å²) in [5.74, 6) is -0.200. The van der Waals surface area contributed by atoms with Gasteiger partial charge in [0.25, 0.3) is 6.47 Å². The zero-order chi connectivity index (χ0) is 19.6. The number of esters is 1. The fourth-order valence-corrected chi connectivity index (χ4v) is 3.44. The molecule has 1 fully saturated rings.